The fraction of sp³-hybridized carbons (Fsp3) is 0.385. The van der Waals surface area contributed by atoms with Crippen molar-refractivity contribution in [1.82, 2.24) is 15.5 Å². The second-order valence-corrected chi connectivity index (χ2v) is 4.30. The zero-order chi connectivity index (χ0) is 13.0. The molecule has 0 bridgehead atoms. The summed E-state index contributed by atoms with van der Waals surface area (Å²) in [5.41, 5.74) is 0.952. The molecule has 0 saturated heterocycles. The molecule has 2 rings (SSSR count). The Morgan fingerprint density at radius 1 is 1.33 bits per heavy atom. The van der Waals surface area contributed by atoms with Gasteiger partial charge in [0.15, 0.2) is 5.82 Å². The summed E-state index contributed by atoms with van der Waals surface area (Å²) in [6, 6.07) is 6.59. The zero-order valence-electron chi connectivity index (χ0n) is 10.5. The van der Waals surface area contributed by atoms with E-state index < -0.39 is 0 Å². The number of benzene rings is 1. The van der Waals surface area contributed by atoms with Crippen LogP contribution >= 0.6 is 0 Å². The number of hydrogen-bond donors (Lipinski definition) is 1. The van der Waals surface area contributed by atoms with Crippen molar-refractivity contribution < 1.29 is 8.91 Å². The molecule has 96 valence electrons. The van der Waals surface area contributed by atoms with E-state index in [9.17, 15) is 4.39 Å². The Kier molecular flexibility index (Phi) is 4.04. The monoisotopic (exact) mass is 249 g/mol. The Balaban J connectivity index is 2.00. The number of nitrogens with zero attached hydrogens (tertiary/aromatic N) is 2. The first-order valence-corrected chi connectivity index (χ1v) is 5.90. The van der Waals surface area contributed by atoms with Gasteiger partial charge in [-0.2, -0.15) is 4.98 Å². The van der Waals surface area contributed by atoms with Crippen LogP contribution in [-0.2, 0) is 12.8 Å². The van der Waals surface area contributed by atoms with E-state index in [4.69, 9.17) is 4.52 Å². The summed E-state index contributed by atoms with van der Waals surface area (Å²) < 4.78 is 17.9. The van der Waals surface area contributed by atoms with Crippen molar-refractivity contribution in [2.24, 2.45) is 0 Å². The summed E-state index contributed by atoms with van der Waals surface area (Å²) in [5, 5.41) is 7.03. The molecular formula is C13H16FN3O. The summed E-state index contributed by atoms with van der Waals surface area (Å²) in [6.07, 6.45) is 1.25. The lowest BCUT2D eigenvalue weighted by Crippen LogP contribution is -2.24. The molecule has 1 N–H and O–H groups in total. The molecule has 5 heteroatoms. The third kappa shape index (κ3) is 3.37. The maximum Gasteiger partial charge on any atom is 0.231 e. The van der Waals surface area contributed by atoms with Gasteiger partial charge in [0.2, 0.25) is 5.89 Å². The van der Waals surface area contributed by atoms with Gasteiger partial charge >= 0.3 is 0 Å². The molecule has 0 radical (unpaired) electrons. The van der Waals surface area contributed by atoms with Crippen molar-refractivity contribution in [1.29, 1.82) is 0 Å². The van der Waals surface area contributed by atoms with Crippen molar-refractivity contribution >= 4 is 0 Å². The summed E-state index contributed by atoms with van der Waals surface area (Å²) in [4.78, 5) is 4.30. The molecular weight excluding hydrogens is 233 g/mol. The third-order valence-corrected chi connectivity index (χ3v) is 2.76. The predicted octanol–water partition coefficient (Wildman–Crippen LogP) is 1.95. The van der Waals surface area contributed by atoms with Crippen LogP contribution in [0.1, 0.15) is 24.2 Å². The van der Waals surface area contributed by atoms with Crippen molar-refractivity contribution in [2.45, 2.75) is 25.8 Å². The van der Waals surface area contributed by atoms with E-state index in [1.807, 2.05) is 7.05 Å². The molecule has 1 aromatic heterocycles. The van der Waals surface area contributed by atoms with E-state index in [1.54, 1.807) is 12.1 Å². The zero-order valence-corrected chi connectivity index (χ0v) is 10.5. The SMILES string of the molecule is CNC(C)Cc1noc(Cc2ccc(F)cc2)n1. The first-order chi connectivity index (χ1) is 8.67. The number of nitrogens with one attached hydrogen (secondary N) is 1. The topological polar surface area (TPSA) is 51.0 Å². The van der Waals surface area contributed by atoms with Crippen LogP contribution < -0.4 is 5.32 Å². The average molecular weight is 249 g/mol. The Bertz CT molecular complexity index is 495. The van der Waals surface area contributed by atoms with E-state index in [0.29, 0.717) is 24.2 Å². The fourth-order valence-electron chi connectivity index (χ4n) is 1.60. The number of hydrogen-bond acceptors (Lipinski definition) is 4. The van der Waals surface area contributed by atoms with Crippen LogP contribution in [0.4, 0.5) is 4.39 Å². The smallest absolute Gasteiger partial charge is 0.231 e. The van der Waals surface area contributed by atoms with Gasteiger partial charge in [-0.25, -0.2) is 4.39 Å². The van der Waals surface area contributed by atoms with Crippen LogP contribution in [0.3, 0.4) is 0 Å². The highest BCUT2D eigenvalue weighted by Gasteiger charge is 2.09. The fourth-order valence-corrected chi connectivity index (χ4v) is 1.60. The van der Waals surface area contributed by atoms with Crippen molar-refractivity contribution in [2.75, 3.05) is 7.05 Å². The molecule has 0 aliphatic heterocycles. The van der Waals surface area contributed by atoms with E-state index in [-0.39, 0.29) is 5.82 Å². The molecule has 0 aliphatic rings. The van der Waals surface area contributed by atoms with Crippen molar-refractivity contribution in [3.63, 3.8) is 0 Å². The minimum atomic E-state index is -0.243. The second-order valence-electron chi connectivity index (χ2n) is 4.30. The number of rotatable bonds is 5. The summed E-state index contributed by atoms with van der Waals surface area (Å²) in [5.74, 6) is 1.00. The molecule has 18 heavy (non-hydrogen) atoms. The highest BCUT2D eigenvalue weighted by atomic mass is 19.1. The Labute approximate surface area is 105 Å². The molecule has 0 fully saturated rings. The summed E-state index contributed by atoms with van der Waals surface area (Å²) >= 11 is 0. The van der Waals surface area contributed by atoms with E-state index in [0.717, 1.165) is 12.0 Å². The Morgan fingerprint density at radius 2 is 2.06 bits per heavy atom. The van der Waals surface area contributed by atoms with E-state index in [2.05, 4.69) is 22.4 Å². The van der Waals surface area contributed by atoms with Gasteiger partial charge in [-0.3, -0.25) is 0 Å². The molecule has 4 nitrogen and oxygen atoms in total. The standard InChI is InChI=1S/C13H16FN3O/c1-9(15-2)7-12-16-13(18-17-12)8-10-3-5-11(14)6-4-10/h3-6,9,15H,7-8H2,1-2H3. The van der Waals surface area contributed by atoms with Crippen molar-refractivity contribution in [3.05, 3.63) is 47.4 Å². The molecule has 1 aromatic carbocycles. The molecule has 1 atom stereocenters. The molecule has 0 spiro atoms. The first kappa shape index (κ1) is 12.7. The molecule has 0 saturated carbocycles. The van der Waals surface area contributed by atoms with Gasteiger partial charge in [0.1, 0.15) is 5.82 Å². The molecule has 0 aliphatic carbocycles. The minimum absolute atomic E-state index is 0.243. The lowest BCUT2D eigenvalue weighted by Gasteiger charge is -2.04. The quantitative estimate of drug-likeness (QED) is 0.880. The Hall–Kier alpha value is -1.75. The van der Waals surface area contributed by atoms with Gasteiger partial charge in [-0.1, -0.05) is 17.3 Å². The van der Waals surface area contributed by atoms with Gasteiger partial charge in [0, 0.05) is 12.5 Å². The largest absolute Gasteiger partial charge is 0.339 e. The average Bonchev–Trinajstić information content (AvgIpc) is 2.79. The highest BCUT2D eigenvalue weighted by Crippen LogP contribution is 2.09. The summed E-state index contributed by atoms with van der Waals surface area (Å²) in [6.45, 7) is 2.05. The predicted molar refractivity (Wildman–Crippen MR) is 65.7 cm³/mol. The van der Waals surface area contributed by atoms with Crippen LogP contribution in [0, 0.1) is 5.82 Å². The Morgan fingerprint density at radius 3 is 2.72 bits per heavy atom. The number of halogens is 1. The maximum absolute atomic E-state index is 12.8. The third-order valence-electron chi connectivity index (χ3n) is 2.76. The second kappa shape index (κ2) is 5.73. The normalized spacial score (nSPS) is 12.6. The van der Waals surface area contributed by atoms with E-state index >= 15 is 0 Å². The van der Waals surface area contributed by atoms with Crippen LogP contribution in [0.2, 0.25) is 0 Å². The van der Waals surface area contributed by atoms with Crippen LogP contribution in [-0.4, -0.2) is 23.2 Å². The van der Waals surface area contributed by atoms with Crippen LogP contribution in [0.25, 0.3) is 0 Å². The molecule has 1 heterocycles. The lowest BCUT2D eigenvalue weighted by atomic mass is 10.1. The van der Waals surface area contributed by atoms with Gasteiger partial charge in [0.05, 0.1) is 6.42 Å². The molecule has 0 amide bonds. The van der Waals surface area contributed by atoms with Gasteiger partial charge in [0.25, 0.3) is 0 Å². The van der Waals surface area contributed by atoms with Crippen LogP contribution in [0.5, 0.6) is 0 Å². The van der Waals surface area contributed by atoms with E-state index in [1.165, 1.54) is 12.1 Å². The molecule has 2 aromatic rings. The highest BCUT2D eigenvalue weighted by molar-refractivity contribution is 5.19. The molecule has 1 unspecified atom stereocenters. The van der Waals surface area contributed by atoms with Gasteiger partial charge in [-0.05, 0) is 31.7 Å². The lowest BCUT2D eigenvalue weighted by molar-refractivity contribution is 0.377. The van der Waals surface area contributed by atoms with Crippen LogP contribution in [0.15, 0.2) is 28.8 Å². The van der Waals surface area contributed by atoms with Gasteiger partial charge < -0.3 is 9.84 Å². The number of aromatic nitrogens is 2. The van der Waals surface area contributed by atoms with Crippen molar-refractivity contribution in [3.8, 4) is 0 Å². The van der Waals surface area contributed by atoms with Gasteiger partial charge in [-0.15, -0.1) is 0 Å². The summed E-state index contributed by atoms with van der Waals surface area (Å²) in [7, 11) is 1.89. The number of likely N-dealkylation sites (N-methyl/N-ethyl adjacent to an activating group) is 1. The minimum Gasteiger partial charge on any atom is -0.339 e. The maximum atomic E-state index is 12.8. The first-order valence-electron chi connectivity index (χ1n) is 5.90.